The lowest BCUT2D eigenvalue weighted by atomic mass is 10.0. The molecule has 0 bridgehead atoms. The van der Waals surface area contributed by atoms with Crippen LogP contribution >= 0.6 is 0 Å². The van der Waals surface area contributed by atoms with E-state index in [1.54, 1.807) is 0 Å². The molecule has 3 heteroatoms. The maximum atomic E-state index is 10.3. The molecule has 0 atom stereocenters. The average Bonchev–Trinajstić information content (AvgIpc) is 3.10. The van der Waals surface area contributed by atoms with Gasteiger partial charge in [0.25, 0.3) is 0 Å². The van der Waals surface area contributed by atoms with E-state index >= 15 is 0 Å². The molecule has 3 rings (SSSR count). The molecule has 1 aliphatic heterocycles. The smallest absolute Gasteiger partial charge is 0.0918 e. The molecular weight excluding hydrogens is 202 g/mol. The van der Waals surface area contributed by atoms with E-state index in [9.17, 15) is 5.11 Å². The highest BCUT2D eigenvalue weighted by atomic mass is 16.5. The second-order valence-electron chi connectivity index (χ2n) is 4.65. The van der Waals surface area contributed by atoms with Crippen molar-refractivity contribution in [3.63, 3.8) is 0 Å². The SMILES string of the molecule is OC1(c2ccccc2N2CCOCC2)CC1. The maximum absolute atomic E-state index is 10.3. The highest BCUT2D eigenvalue weighted by Crippen LogP contribution is 2.48. The molecule has 1 aromatic carbocycles. The van der Waals surface area contributed by atoms with Crippen molar-refractivity contribution >= 4 is 5.69 Å². The Bertz CT molecular complexity index is 381. The quantitative estimate of drug-likeness (QED) is 0.818. The second-order valence-corrected chi connectivity index (χ2v) is 4.65. The first-order valence-corrected chi connectivity index (χ1v) is 5.94. The molecule has 1 N–H and O–H groups in total. The zero-order chi connectivity index (χ0) is 11.0. The summed E-state index contributed by atoms with van der Waals surface area (Å²) in [6.45, 7) is 3.42. The largest absolute Gasteiger partial charge is 0.385 e. The van der Waals surface area contributed by atoms with Crippen LogP contribution in [-0.4, -0.2) is 31.4 Å². The van der Waals surface area contributed by atoms with Gasteiger partial charge < -0.3 is 14.7 Å². The third-order valence-electron chi connectivity index (χ3n) is 3.48. The fourth-order valence-electron chi connectivity index (χ4n) is 2.33. The summed E-state index contributed by atoms with van der Waals surface area (Å²) in [6.07, 6.45) is 1.79. The Hall–Kier alpha value is -1.06. The summed E-state index contributed by atoms with van der Waals surface area (Å²) in [5.41, 5.74) is 1.73. The Morgan fingerprint density at radius 1 is 1.12 bits per heavy atom. The molecule has 1 saturated carbocycles. The molecule has 3 nitrogen and oxygen atoms in total. The normalized spacial score (nSPS) is 23.2. The lowest BCUT2D eigenvalue weighted by Gasteiger charge is -2.31. The Morgan fingerprint density at radius 2 is 1.81 bits per heavy atom. The van der Waals surface area contributed by atoms with Crippen LogP contribution in [-0.2, 0) is 10.3 Å². The van der Waals surface area contributed by atoms with Crippen molar-refractivity contribution in [2.45, 2.75) is 18.4 Å². The number of benzene rings is 1. The van der Waals surface area contributed by atoms with Crippen LogP contribution in [0.15, 0.2) is 24.3 Å². The molecule has 2 aliphatic rings. The number of aliphatic hydroxyl groups is 1. The lowest BCUT2D eigenvalue weighted by Crippen LogP contribution is -2.37. The first-order chi connectivity index (χ1) is 7.80. The first-order valence-electron chi connectivity index (χ1n) is 5.94. The van der Waals surface area contributed by atoms with Gasteiger partial charge in [0.05, 0.1) is 18.8 Å². The summed E-state index contributed by atoms with van der Waals surface area (Å²) >= 11 is 0. The van der Waals surface area contributed by atoms with Gasteiger partial charge in [-0.25, -0.2) is 0 Å². The second kappa shape index (κ2) is 3.75. The van der Waals surface area contributed by atoms with Gasteiger partial charge in [0.2, 0.25) is 0 Å². The molecule has 1 aromatic rings. The molecule has 0 amide bonds. The van der Waals surface area contributed by atoms with Crippen LogP contribution in [0.3, 0.4) is 0 Å². The predicted molar refractivity (Wildman–Crippen MR) is 62.6 cm³/mol. The number of para-hydroxylation sites is 1. The van der Waals surface area contributed by atoms with Crippen LogP contribution in [0.2, 0.25) is 0 Å². The molecule has 2 fully saturated rings. The van der Waals surface area contributed by atoms with Gasteiger partial charge in [0.1, 0.15) is 0 Å². The summed E-state index contributed by atoms with van der Waals surface area (Å²) < 4.78 is 5.36. The van der Waals surface area contributed by atoms with Crippen molar-refractivity contribution in [1.82, 2.24) is 0 Å². The standard InChI is InChI=1S/C13H17NO2/c15-13(5-6-13)11-3-1-2-4-12(11)14-7-9-16-10-8-14/h1-4,15H,5-10H2. The summed E-state index contributed by atoms with van der Waals surface area (Å²) in [5.74, 6) is 0. The van der Waals surface area contributed by atoms with E-state index in [1.807, 2.05) is 12.1 Å². The van der Waals surface area contributed by atoms with Crippen molar-refractivity contribution in [1.29, 1.82) is 0 Å². The van der Waals surface area contributed by atoms with Crippen molar-refractivity contribution in [3.05, 3.63) is 29.8 Å². The number of anilines is 1. The molecule has 1 saturated heterocycles. The van der Waals surface area contributed by atoms with Gasteiger partial charge in [-0.3, -0.25) is 0 Å². The number of nitrogens with zero attached hydrogens (tertiary/aromatic N) is 1. The monoisotopic (exact) mass is 219 g/mol. The zero-order valence-corrected chi connectivity index (χ0v) is 9.35. The molecule has 86 valence electrons. The van der Waals surface area contributed by atoms with Crippen molar-refractivity contribution in [3.8, 4) is 0 Å². The van der Waals surface area contributed by atoms with Crippen molar-refractivity contribution in [2.75, 3.05) is 31.2 Å². The van der Waals surface area contributed by atoms with E-state index in [0.29, 0.717) is 0 Å². The van der Waals surface area contributed by atoms with Gasteiger partial charge in [-0.05, 0) is 18.9 Å². The molecule has 1 aliphatic carbocycles. The van der Waals surface area contributed by atoms with Crippen LogP contribution in [0.4, 0.5) is 5.69 Å². The van der Waals surface area contributed by atoms with Crippen molar-refractivity contribution < 1.29 is 9.84 Å². The summed E-state index contributed by atoms with van der Waals surface area (Å²) in [4.78, 5) is 2.31. The van der Waals surface area contributed by atoms with Crippen LogP contribution < -0.4 is 4.90 Å². The molecule has 16 heavy (non-hydrogen) atoms. The molecule has 0 aromatic heterocycles. The van der Waals surface area contributed by atoms with Gasteiger partial charge in [-0.15, -0.1) is 0 Å². The van der Waals surface area contributed by atoms with Crippen LogP contribution in [0.5, 0.6) is 0 Å². The van der Waals surface area contributed by atoms with Gasteiger partial charge in [0, 0.05) is 24.3 Å². The molecule has 0 spiro atoms. The summed E-state index contributed by atoms with van der Waals surface area (Å²) in [7, 11) is 0. The lowest BCUT2D eigenvalue weighted by molar-refractivity contribution is 0.121. The number of morpholine rings is 1. The molecule has 0 unspecified atom stereocenters. The Labute approximate surface area is 95.6 Å². The number of hydrogen-bond donors (Lipinski definition) is 1. The third-order valence-corrected chi connectivity index (χ3v) is 3.48. The Kier molecular flexibility index (Phi) is 2.37. The highest BCUT2D eigenvalue weighted by Gasteiger charge is 2.44. The van der Waals surface area contributed by atoms with Gasteiger partial charge in [-0.1, -0.05) is 18.2 Å². The van der Waals surface area contributed by atoms with Crippen LogP contribution in [0, 0.1) is 0 Å². The highest BCUT2D eigenvalue weighted by molar-refractivity contribution is 5.57. The number of ether oxygens (including phenoxy) is 1. The Morgan fingerprint density at radius 3 is 2.50 bits per heavy atom. The zero-order valence-electron chi connectivity index (χ0n) is 9.35. The summed E-state index contributed by atoms with van der Waals surface area (Å²) in [6, 6.07) is 8.21. The molecule has 1 heterocycles. The topological polar surface area (TPSA) is 32.7 Å². The fraction of sp³-hybridized carbons (Fsp3) is 0.538. The average molecular weight is 219 g/mol. The van der Waals surface area contributed by atoms with E-state index in [0.717, 1.165) is 44.7 Å². The minimum Gasteiger partial charge on any atom is -0.385 e. The van der Waals surface area contributed by atoms with Crippen LogP contribution in [0.25, 0.3) is 0 Å². The van der Waals surface area contributed by atoms with E-state index < -0.39 is 5.60 Å². The van der Waals surface area contributed by atoms with E-state index in [4.69, 9.17) is 4.74 Å². The first kappa shape index (κ1) is 10.1. The van der Waals surface area contributed by atoms with E-state index in [1.165, 1.54) is 5.69 Å². The third kappa shape index (κ3) is 1.70. The van der Waals surface area contributed by atoms with Crippen molar-refractivity contribution in [2.24, 2.45) is 0 Å². The fourth-order valence-corrected chi connectivity index (χ4v) is 2.33. The minimum absolute atomic E-state index is 0.547. The number of rotatable bonds is 2. The van der Waals surface area contributed by atoms with E-state index in [-0.39, 0.29) is 0 Å². The van der Waals surface area contributed by atoms with Gasteiger partial charge in [0.15, 0.2) is 0 Å². The minimum atomic E-state index is -0.547. The predicted octanol–water partition coefficient (Wildman–Crippen LogP) is 1.50. The molecular formula is C13H17NO2. The molecule has 0 radical (unpaired) electrons. The Balaban J connectivity index is 1.93. The maximum Gasteiger partial charge on any atom is 0.0918 e. The summed E-state index contributed by atoms with van der Waals surface area (Å²) in [5, 5.41) is 10.3. The van der Waals surface area contributed by atoms with Gasteiger partial charge in [-0.2, -0.15) is 0 Å². The van der Waals surface area contributed by atoms with Gasteiger partial charge >= 0.3 is 0 Å². The van der Waals surface area contributed by atoms with Crippen LogP contribution in [0.1, 0.15) is 18.4 Å². The number of hydrogen-bond acceptors (Lipinski definition) is 3. The van der Waals surface area contributed by atoms with E-state index in [2.05, 4.69) is 17.0 Å².